The highest BCUT2D eigenvalue weighted by Crippen LogP contribution is 2.23. The molecule has 0 bridgehead atoms. The van der Waals surface area contributed by atoms with Crippen LogP contribution in [0.25, 0.3) is 5.69 Å². The highest BCUT2D eigenvalue weighted by Gasteiger charge is 2.32. The number of nitrogens with zero attached hydrogens (tertiary/aromatic N) is 4. The third-order valence-corrected chi connectivity index (χ3v) is 4.96. The maximum absolute atomic E-state index is 11.7. The molecule has 10 heteroatoms. The molecule has 1 fully saturated rings. The summed E-state index contributed by atoms with van der Waals surface area (Å²) in [5.41, 5.74) is 2.10. The molecule has 1 aromatic carbocycles. The number of rotatable bonds is 5. The quantitative estimate of drug-likeness (QED) is 0.600. The van der Waals surface area contributed by atoms with Gasteiger partial charge in [-0.05, 0) is 19.1 Å². The molecule has 1 atom stereocenters. The van der Waals surface area contributed by atoms with Gasteiger partial charge in [-0.15, -0.1) is 5.10 Å². The lowest BCUT2D eigenvalue weighted by molar-refractivity contribution is -0.138. The number of carbonyl (C=O) groups is 2. The van der Waals surface area contributed by atoms with Crippen molar-refractivity contribution in [3.63, 3.8) is 0 Å². The fourth-order valence-corrected chi connectivity index (χ4v) is 3.52. The third kappa shape index (κ3) is 3.94. The summed E-state index contributed by atoms with van der Waals surface area (Å²) in [7, 11) is 0. The summed E-state index contributed by atoms with van der Waals surface area (Å²) in [6.45, 7) is 1.80. The Morgan fingerprint density at radius 1 is 1.46 bits per heavy atom. The smallest absolute Gasteiger partial charge is 0.305 e. The van der Waals surface area contributed by atoms with Gasteiger partial charge in [0.1, 0.15) is 10.4 Å². The second-order valence-corrected chi connectivity index (χ2v) is 6.93. The average molecular weight is 392 g/mol. The maximum atomic E-state index is 11.7. The second-order valence-electron chi connectivity index (χ2n) is 5.38. The van der Waals surface area contributed by atoms with Crippen molar-refractivity contribution in [2.75, 3.05) is 0 Å². The van der Waals surface area contributed by atoms with E-state index in [0.717, 1.165) is 17.4 Å². The fraction of sp³-hybridized carbons (Fsp3) is 0.188. The Morgan fingerprint density at radius 2 is 2.19 bits per heavy atom. The Labute approximate surface area is 157 Å². The van der Waals surface area contributed by atoms with E-state index in [4.69, 9.17) is 16.7 Å². The van der Waals surface area contributed by atoms with Gasteiger partial charge in [0.25, 0.3) is 0 Å². The van der Waals surface area contributed by atoms with Crippen LogP contribution in [0.15, 0.2) is 40.5 Å². The molecule has 2 aromatic rings. The number of benzene rings is 1. The molecule has 2 heterocycles. The van der Waals surface area contributed by atoms with Crippen LogP contribution in [0.2, 0.25) is 5.15 Å². The van der Waals surface area contributed by atoms with Crippen molar-refractivity contribution in [2.24, 2.45) is 10.2 Å². The van der Waals surface area contributed by atoms with E-state index in [1.165, 1.54) is 6.21 Å². The first-order valence-electron chi connectivity index (χ1n) is 7.56. The summed E-state index contributed by atoms with van der Waals surface area (Å²) in [6, 6.07) is 9.43. The van der Waals surface area contributed by atoms with Gasteiger partial charge in [-0.25, -0.2) is 4.68 Å². The Morgan fingerprint density at radius 3 is 2.88 bits per heavy atom. The first-order chi connectivity index (χ1) is 12.5. The molecular formula is C16H14ClN5O3S. The molecule has 1 aliphatic heterocycles. The van der Waals surface area contributed by atoms with Crippen LogP contribution in [0.1, 0.15) is 17.7 Å². The molecule has 8 nitrogen and oxygen atoms in total. The molecule has 0 aliphatic carbocycles. The van der Waals surface area contributed by atoms with Crippen LogP contribution in [0.4, 0.5) is 0 Å². The first-order valence-corrected chi connectivity index (χ1v) is 8.82. The number of aliphatic carboxylic acids is 1. The van der Waals surface area contributed by atoms with Crippen molar-refractivity contribution < 1.29 is 14.7 Å². The number of amides is 1. The lowest BCUT2D eigenvalue weighted by Crippen LogP contribution is -2.26. The van der Waals surface area contributed by atoms with E-state index in [1.807, 2.05) is 30.3 Å². The molecule has 134 valence electrons. The summed E-state index contributed by atoms with van der Waals surface area (Å²) in [4.78, 5) is 22.4. The summed E-state index contributed by atoms with van der Waals surface area (Å²) >= 11 is 7.42. The van der Waals surface area contributed by atoms with E-state index < -0.39 is 17.1 Å². The standard InChI is InChI=1S/C16H14ClN5O3S/c1-9-11(14(17)22(21-9)10-5-3-2-4-6-10)8-18-20-16-19-15(25)12(26-16)7-13(23)24/h2-6,8,12H,7H2,1H3,(H,23,24)(H,19,20,25)/b18-8+. The molecule has 0 spiro atoms. The lowest BCUT2D eigenvalue weighted by atomic mass is 10.3. The molecule has 26 heavy (non-hydrogen) atoms. The van der Waals surface area contributed by atoms with Crippen LogP contribution in [0.5, 0.6) is 0 Å². The van der Waals surface area contributed by atoms with Crippen LogP contribution in [-0.4, -0.2) is 43.4 Å². The summed E-state index contributed by atoms with van der Waals surface area (Å²) in [5, 5.41) is 23.5. The minimum absolute atomic E-state index is 0.252. The van der Waals surface area contributed by atoms with Gasteiger partial charge in [-0.2, -0.15) is 10.2 Å². The van der Waals surface area contributed by atoms with E-state index >= 15 is 0 Å². The van der Waals surface area contributed by atoms with E-state index in [-0.39, 0.29) is 11.6 Å². The summed E-state index contributed by atoms with van der Waals surface area (Å²) in [5.74, 6) is -1.43. The Balaban J connectivity index is 1.77. The lowest BCUT2D eigenvalue weighted by Gasteiger charge is -2.01. The minimum atomic E-state index is -1.04. The minimum Gasteiger partial charge on any atom is -0.481 e. The number of para-hydroxylation sites is 1. The zero-order valence-corrected chi connectivity index (χ0v) is 15.2. The number of carboxylic acids is 1. The number of aromatic nitrogens is 2. The average Bonchev–Trinajstić information content (AvgIpc) is 3.09. The monoisotopic (exact) mass is 391 g/mol. The highest BCUT2D eigenvalue weighted by molar-refractivity contribution is 8.15. The summed E-state index contributed by atoms with van der Waals surface area (Å²) in [6.07, 6.45) is 1.18. The second kappa shape index (κ2) is 7.71. The number of amidine groups is 1. The number of hydrogen-bond donors (Lipinski definition) is 2. The highest BCUT2D eigenvalue weighted by atomic mass is 35.5. The maximum Gasteiger partial charge on any atom is 0.305 e. The molecule has 3 rings (SSSR count). The number of halogens is 1. The van der Waals surface area contributed by atoms with Gasteiger partial charge in [0.2, 0.25) is 5.91 Å². The van der Waals surface area contributed by atoms with Gasteiger partial charge in [0.15, 0.2) is 5.17 Å². The molecular weight excluding hydrogens is 378 g/mol. The van der Waals surface area contributed by atoms with Crippen molar-refractivity contribution in [1.82, 2.24) is 15.1 Å². The number of nitrogens with one attached hydrogen (secondary N) is 1. The van der Waals surface area contributed by atoms with Gasteiger partial charge in [-0.1, -0.05) is 41.6 Å². The van der Waals surface area contributed by atoms with Gasteiger partial charge >= 0.3 is 5.97 Å². The molecule has 0 radical (unpaired) electrons. The van der Waals surface area contributed by atoms with Crippen LogP contribution in [0, 0.1) is 6.92 Å². The fourth-order valence-electron chi connectivity index (χ4n) is 2.28. The molecule has 1 saturated heterocycles. The van der Waals surface area contributed by atoms with Gasteiger partial charge in [-0.3, -0.25) is 9.59 Å². The van der Waals surface area contributed by atoms with E-state index in [0.29, 0.717) is 16.4 Å². The number of thioether (sulfide) groups is 1. The summed E-state index contributed by atoms with van der Waals surface area (Å²) < 4.78 is 1.60. The Bertz CT molecular complexity index is 910. The van der Waals surface area contributed by atoms with E-state index in [1.54, 1.807) is 11.6 Å². The first kappa shape index (κ1) is 18.2. The normalized spacial score (nSPS) is 18.6. The van der Waals surface area contributed by atoms with E-state index in [9.17, 15) is 9.59 Å². The van der Waals surface area contributed by atoms with Crippen molar-refractivity contribution in [2.45, 2.75) is 18.6 Å². The van der Waals surface area contributed by atoms with Gasteiger partial charge in [0, 0.05) is 0 Å². The molecule has 1 amide bonds. The molecule has 2 N–H and O–H groups in total. The zero-order valence-electron chi connectivity index (χ0n) is 13.6. The van der Waals surface area contributed by atoms with Gasteiger partial charge in [0.05, 0.1) is 29.6 Å². The van der Waals surface area contributed by atoms with Crippen molar-refractivity contribution in [3.8, 4) is 5.69 Å². The van der Waals surface area contributed by atoms with Crippen molar-refractivity contribution in [1.29, 1.82) is 0 Å². The molecule has 1 aliphatic rings. The van der Waals surface area contributed by atoms with Crippen molar-refractivity contribution in [3.05, 3.63) is 46.7 Å². The molecule has 1 unspecified atom stereocenters. The van der Waals surface area contributed by atoms with Crippen molar-refractivity contribution >= 4 is 46.6 Å². The topological polar surface area (TPSA) is 109 Å². The zero-order chi connectivity index (χ0) is 18.7. The predicted octanol–water partition coefficient (Wildman–Crippen LogP) is 2.23. The van der Waals surface area contributed by atoms with Gasteiger partial charge < -0.3 is 10.4 Å². The van der Waals surface area contributed by atoms with Crippen LogP contribution in [0.3, 0.4) is 0 Å². The third-order valence-electron chi connectivity index (χ3n) is 3.52. The number of aryl methyl sites for hydroxylation is 1. The molecule has 0 saturated carbocycles. The number of hydrogen-bond acceptors (Lipinski definition) is 6. The SMILES string of the molecule is Cc1nn(-c2ccccc2)c(Cl)c1/C=N/N=C1\NC(=O)C(CC(=O)O)S1. The van der Waals surface area contributed by atoms with Crippen LogP contribution in [-0.2, 0) is 9.59 Å². The predicted molar refractivity (Wildman–Crippen MR) is 100 cm³/mol. The molecule has 1 aromatic heterocycles. The van der Waals surface area contributed by atoms with E-state index in [2.05, 4.69) is 20.6 Å². The number of carboxylic acid groups (broad SMARTS) is 1. The Hall–Kier alpha value is -2.65. The van der Waals surface area contributed by atoms with Crippen LogP contribution >= 0.6 is 23.4 Å². The Kier molecular flexibility index (Phi) is 5.38. The number of carbonyl (C=O) groups excluding carboxylic acids is 1. The van der Waals surface area contributed by atoms with Crippen LogP contribution < -0.4 is 5.32 Å². The largest absolute Gasteiger partial charge is 0.481 e.